The van der Waals surface area contributed by atoms with Crippen molar-refractivity contribution in [2.45, 2.75) is 44.7 Å². The van der Waals surface area contributed by atoms with Gasteiger partial charge in [-0.15, -0.1) is 0 Å². The Kier molecular flexibility index (Phi) is 5.96. The van der Waals surface area contributed by atoms with Crippen LogP contribution in [0.4, 0.5) is 5.69 Å². The van der Waals surface area contributed by atoms with Crippen LogP contribution in [0.25, 0.3) is 5.69 Å². The first kappa shape index (κ1) is 22.0. The number of furan rings is 1. The highest BCUT2D eigenvalue weighted by Crippen LogP contribution is 2.42. The zero-order chi connectivity index (χ0) is 23.7. The second-order valence-corrected chi connectivity index (χ2v) is 8.53. The van der Waals surface area contributed by atoms with E-state index in [4.69, 9.17) is 9.15 Å². The average Bonchev–Trinajstić information content (AvgIpc) is 3.31. The molecule has 1 aliphatic heterocycles. The summed E-state index contributed by atoms with van der Waals surface area (Å²) in [6, 6.07) is 14.9. The maximum Gasteiger partial charge on any atom is 0.306 e. The number of aromatic nitrogens is 1. The molecule has 34 heavy (non-hydrogen) atoms. The third kappa shape index (κ3) is 4.11. The predicted octanol–water partition coefficient (Wildman–Crippen LogP) is 3.84. The number of ether oxygens (including phenoxy) is 1. The van der Waals surface area contributed by atoms with Crippen LogP contribution in [0.2, 0.25) is 0 Å². The maximum absolute atomic E-state index is 13.9. The summed E-state index contributed by atoms with van der Waals surface area (Å²) in [7, 11) is 0. The van der Waals surface area contributed by atoms with E-state index in [1.807, 2.05) is 48.7 Å². The zero-order valence-corrected chi connectivity index (χ0v) is 19.1. The Morgan fingerprint density at radius 2 is 1.82 bits per heavy atom. The molecule has 0 bridgehead atoms. The number of carbonyl (C=O) groups is 3. The van der Waals surface area contributed by atoms with Crippen LogP contribution in [0.5, 0.6) is 0 Å². The summed E-state index contributed by atoms with van der Waals surface area (Å²) < 4.78 is 12.8. The molecular formula is C26H27N3O5. The van der Waals surface area contributed by atoms with Crippen molar-refractivity contribution in [2.24, 2.45) is 0 Å². The quantitative estimate of drug-likeness (QED) is 0.476. The largest absolute Gasteiger partial charge is 0.467 e. The van der Waals surface area contributed by atoms with Crippen molar-refractivity contribution in [2.75, 3.05) is 18.1 Å². The number of nitrogens with zero attached hydrogens (tertiary/aromatic N) is 3. The summed E-state index contributed by atoms with van der Waals surface area (Å²) >= 11 is 0. The number of rotatable bonds is 8. The monoisotopic (exact) mass is 461 g/mol. The van der Waals surface area contributed by atoms with Crippen LogP contribution in [-0.4, -0.2) is 46.4 Å². The van der Waals surface area contributed by atoms with Crippen LogP contribution in [0.1, 0.15) is 50.1 Å². The van der Waals surface area contributed by atoms with Crippen LogP contribution in [0.15, 0.2) is 65.4 Å². The van der Waals surface area contributed by atoms with E-state index in [1.165, 1.54) is 0 Å². The van der Waals surface area contributed by atoms with E-state index in [-0.39, 0.29) is 43.8 Å². The molecule has 0 spiro atoms. The van der Waals surface area contributed by atoms with Gasteiger partial charge in [0.15, 0.2) is 0 Å². The molecular weight excluding hydrogens is 434 g/mol. The molecule has 176 valence electrons. The molecule has 2 amide bonds. The summed E-state index contributed by atoms with van der Waals surface area (Å²) in [4.78, 5) is 42.0. The molecule has 1 fully saturated rings. The third-order valence-corrected chi connectivity index (χ3v) is 6.26. The molecule has 8 heteroatoms. The molecule has 3 aromatic rings. The minimum absolute atomic E-state index is 0.0131. The Morgan fingerprint density at radius 3 is 2.53 bits per heavy atom. The Balaban J connectivity index is 1.44. The van der Waals surface area contributed by atoms with Crippen molar-refractivity contribution in [1.29, 1.82) is 0 Å². The standard InChI is InChI=1S/C26H27N3O5/c1-2-33-25(32)14-13-23(30)28(18-11-12-18)17-24(31)29-20-8-4-3-7-19(20)27-15-5-9-21(27)26(29)22-10-6-16-34-22/h3-10,15-16,18,26H,2,11-14,17H2,1H3. The van der Waals surface area contributed by atoms with Crippen LogP contribution in [0.3, 0.4) is 0 Å². The number of para-hydroxylation sites is 2. The third-order valence-electron chi connectivity index (χ3n) is 6.26. The van der Waals surface area contributed by atoms with Gasteiger partial charge >= 0.3 is 5.97 Å². The minimum Gasteiger partial charge on any atom is -0.467 e. The van der Waals surface area contributed by atoms with Gasteiger partial charge in [0, 0.05) is 18.7 Å². The minimum atomic E-state index is -0.455. The molecule has 2 aromatic heterocycles. The van der Waals surface area contributed by atoms with Crippen molar-refractivity contribution in [3.05, 3.63) is 72.4 Å². The molecule has 1 aromatic carbocycles. The van der Waals surface area contributed by atoms with Gasteiger partial charge in [-0.2, -0.15) is 0 Å². The van der Waals surface area contributed by atoms with Gasteiger partial charge in [-0.25, -0.2) is 0 Å². The molecule has 0 N–H and O–H groups in total. The summed E-state index contributed by atoms with van der Waals surface area (Å²) in [5.41, 5.74) is 2.56. The maximum atomic E-state index is 13.9. The van der Waals surface area contributed by atoms with Crippen LogP contribution in [-0.2, 0) is 19.1 Å². The molecule has 0 saturated heterocycles. The highest BCUT2D eigenvalue weighted by Gasteiger charge is 2.40. The van der Waals surface area contributed by atoms with Gasteiger partial charge in [0.1, 0.15) is 18.3 Å². The SMILES string of the molecule is CCOC(=O)CCC(=O)N(CC(=O)N1c2ccccc2-n2cccc2C1c1ccco1)C1CC1. The second-order valence-electron chi connectivity index (χ2n) is 8.53. The number of fused-ring (bicyclic) bond motifs is 3. The fourth-order valence-electron chi connectivity index (χ4n) is 4.59. The van der Waals surface area contributed by atoms with Gasteiger partial charge in [0.05, 0.1) is 36.4 Å². The normalized spacial score (nSPS) is 16.5. The van der Waals surface area contributed by atoms with E-state index < -0.39 is 12.0 Å². The molecule has 1 saturated carbocycles. The first-order valence-electron chi connectivity index (χ1n) is 11.7. The fraction of sp³-hybridized carbons (Fsp3) is 0.346. The van der Waals surface area contributed by atoms with E-state index >= 15 is 0 Å². The molecule has 5 rings (SSSR count). The Bertz CT molecular complexity index is 1190. The smallest absolute Gasteiger partial charge is 0.306 e. The topological polar surface area (TPSA) is 85.0 Å². The number of hydrogen-bond acceptors (Lipinski definition) is 5. The van der Waals surface area contributed by atoms with Crippen molar-refractivity contribution >= 4 is 23.5 Å². The van der Waals surface area contributed by atoms with Crippen molar-refractivity contribution in [3.63, 3.8) is 0 Å². The van der Waals surface area contributed by atoms with Gasteiger partial charge in [0.25, 0.3) is 0 Å². The van der Waals surface area contributed by atoms with Gasteiger partial charge in [0.2, 0.25) is 11.8 Å². The molecule has 1 unspecified atom stereocenters. The van der Waals surface area contributed by atoms with Crippen LogP contribution >= 0.6 is 0 Å². The summed E-state index contributed by atoms with van der Waals surface area (Å²) in [6.07, 6.45) is 5.34. The zero-order valence-electron chi connectivity index (χ0n) is 19.1. The first-order chi connectivity index (χ1) is 16.6. The lowest BCUT2D eigenvalue weighted by atomic mass is 10.0. The molecule has 1 aliphatic carbocycles. The molecule has 2 aliphatic rings. The number of hydrogen-bond donors (Lipinski definition) is 0. The number of carbonyl (C=O) groups excluding carboxylic acids is 3. The second kappa shape index (κ2) is 9.21. The van der Waals surface area contributed by atoms with Crippen molar-refractivity contribution in [1.82, 2.24) is 9.47 Å². The fourth-order valence-corrected chi connectivity index (χ4v) is 4.59. The lowest BCUT2D eigenvalue weighted by Gasteiger charge is -2.38. The Hall–Kier alpha value is -3.81. The van der Waals surface area contributed by atoms with E-state index in [2.05, 4.69) is 4.57 Å². The first-order valence-corrected chi connectivity index (χ1v) is 11.7. The van der Waals surface area contributed by atoms with E-state index in [0.29, 0.717) is 5.76 Å². The van der Waals surface area contributed by atoms with Gasteiger partial charge in [-0.1, -0.05) is 12.1 Å². The molecule has 3 heterocycles. The van der Waals surface area contributed by atoms with E-state index in [1.54, 1.807) is 29.1 Å². The van der Waals surface area contributed by atoms with Crippen molar-refractivity contribution in [3.8, 4) is 5.69 Å². The summed E-state index contributed by atoms with van der Waals surface area (Å²) in [5, 5.41) is 0. The molecule has 8 nitrogen and oxygen atoms in total. The average molecular weight is 462 g/mol. The van der Waals surface area contributed by atoms with Crippen LogP contribution < -0.4 is 4.90 Å². The highest BCUT2D eigenvalue weighted by molar-refractivity contribution is 6.00. The van der Waals surface area contributed by atoms with Gasteiger partial charge in [-0.3, -0.25) is 19.3 Å². The Labute approximate surface area is 197 Å². The summed E-state index contributed by atoms with van der Waals surface area (Å²) in [6.45, 7) is 1.96. The number of amides is 2. The number of esters is 1. The van der Waals surface area contributed by atoms with Crippen LogP contribution in [0, 0.1) is 0 Å². The lowest BCUT2D eigenvalue weighted by Crippen LogP contribution is -2.47. The predicted molar refractivity (Wildman–Crippen MR) is 124 cm³/mol. The number of benzene rings is 1. The molecule has 1 atom stereocenters. The summed E-state index contributed by atoms with van der Waals surface area (Å²) in [5.74, 6) is -0.152. The van der Waals surface area contributed by atoms with Gasteiger partial charge < -0.3 is 18.6 Å². The molecule has 0 radical (unpaired) electrons. The van der Waals surface area contributed by atoms with E-state index in [9.17, 15) is 14.4 Å². The van der Waals surface area contributed by atoms with Crippen molar-refractivity contribution < 1.29 is 23.5 Å². The number of anilines is 1. The highest BCUT2D eigenvalue weighted by atomic mass is 16.5. The Morgan fingerprint density at radius 1 is 1.03 bits per heavy atom. The van der Waals surface area contributed by atoms with E-state index in [0.717, 1.165) is 29.9 Å². The lowest BCUT2D eigenvalue weighted by molar-refractivity contribution is -0.146. The van der Waals surface area contributed by atoms with Gasteiger partial charge in [-0.05, 0) is 56.2 Å².